The van der Waals surface area contributed by atoms with Gasteiger partial charge >= 0.3 is 0 Å². The number of thiophene rings is 1. The van der Waals surface area contributed by atoms with E-state index in [0.29, 0.717) is 14.9 Å². The van der Waals surface area contributed by atoms with E-state index in [1.807, 2.05) is 6.07 Å². The lowest BCUT2D eigenvalue weighted by Gasteiger charge is -2.21. The van der Waals surface area contributed by atoms with Gasteiger partial charge in [-0.25, -0.2) is 8.42 Å². The van der Waals surface area contributed by atoms with Gasteiger partial charge in [-0.3, -0.25) is 4.79 Å². The smallest absolute Gasteiger partial charge is 0.244 e. The molecule has 7 heteroatoms. The molecule has 1 aromatic heterocycles. The van der Waals surface area contributed by atoms with Gasteiger partial charge in [0.05, 0.1) is 10.1 Å². The second-order valence-electron chi connectivity index (χ2n) is 4.89. The Labute approximate surface area is 139 Å². The second kappa shape index (κ2) is 6.81. The van der Waals surface area contributed by atoms with Crippen molar-refractivity contribution >= 4 is 44.4 Å². The van der Waals surface area contributed by atoms with Gasteiger partial charge in [-0.1, -0.05) is 29.8 Å². The minimum absolute atomic E-state index is 0.181. The summed E-state index contributed by atoms with van der Waals surface area (Å²) in [5.74, 6) is -0.631. The van der Waals surface area contributed by atoms with Crippen molar-refractivity contribution in [2.75, 3.05) is 11.9 Å². The molecule has 0 saturated heterocycles. The Kier molecular flexibility index (Phi) is 5.26. The van der Waals surface area contributed by atoms with Crippen LogP contribution in [0.3, 0.4) is 0 Å². The van der Waals surface area contributed by atoms with Gasteiger partial charge in [-0.15, -0.1) is 11.3 Å². The minimum atomic E-state index is -3.59. The van der Waals surface area contributed by atoms with Crippen molar-refractivity contribution < 1.29 is 13.2 Å². The average Bonchev–Trinajstić information content (AvgIpc) is 2.90. The lowest BCUT2D eigenvalue weighted by molar-refractivity contribution is -0.117. The molecular formula is C15H16ClNO3S2. The quantitative estimate of drug-likeness (QED) is 0.824. The summed E-state index contributed by atoms with van der Waals surface area (Å²) < 4.78 is 25.3. The van der Waals surface area contributed by atoms with Crippen LogP contribution in [-0.2, 0) is 20.4 Å². The highest BCUT2D eigenvalue weighted by atomic mass is 35.5. The molecule has 0 aliphatic rings. The minimum Gasteiger partial charge on any atom is -0.314 e. The van der Waals surface area contributed by atoms with Gasteiger partial charge in [0.15, 0.2) is 9.84 Å². The van der Waals surface area contributed by atoms with Crippen molar-refractivity contribution in [3.8, 4) is 0 Å². The Morgan fingerprint density at radius 2 is 1.86 bits per heavy atom. The number of hydrogen-bond donors (Lipinski definition) is 0. The van der Waals surface area contributed by atoms with Crippen LogP contribution in [0, 0.1) is 0 Å². The lowest BCUT2D eigenvalue weighted by atomic mass is 10.3. The van der Waals surface area contributed by atoms with E-state index in [1.165, 1.54) is 23.2 Å². The molecule has 22 heavy (non-hydrogen) atoms. The van der Waals surface area contributed by atoms with Crippen LogP contribution in [0.5, 0.6) is 0 Å². The first-order valence-electron chi connectivity index (χ1n) is 6.59. The summed E-state index contributed by atoms with van der Waals surface area (Å²) in [6, 6.07) is 12.3. The van der Waals surface area contributed by atoms with Crippen LogP contribution >= 0.6 is 22.9 Å². The highest BCUT2D eigenvalue weighted by Crippen LogP contribution is 2.25. The molecule has 4 nitrogen and oxygen atoms in total. The number of anilines is 1. The maximum absolute atomic E-state index is 12.4. The van der Waals surface area contributed by atoms with Crippen LogP contribution < -0.4 is 4.90 Å². The third-order valence-electron chi connectivity index (χ3n) is 3.33. The first-order valence-corrected chi connectivity index (χ1v) is 9.50. The molecule has 0 aliphatic heterocycles. The number of carbonyl (C=O) groups excluding carboxylic acids is 1. The number of para-hydroxylation sites is 1. The molecule has 1 atom stereocenters. The number of amides is 1. The largest absolute Gasteiger partial charge is 0.314 e. The number of sulfone groups is 1. The third kappa shape index (κ3) is 3.88. The molecule has 1 heterocycles. The lowest BCUT2D eigenvalue weighted by Crippen LogP contribution is -2.39. The number of benzene rings is 1. The summed E-state index contributed by atoms with van der Waals surface area (Å²) in [5.41, 5.74) is 0.661. The van der Waals surface area contributed by atoms with Crippen molar-refractivity contribution in [2.24, 2.45) is 0 Å². The molecule has 118 valence electrons. The van der Waals surface area contributed by atoms with E-state index < -0.39 is 21.0 Å². The van der Waals surface area contributed by atoms with E-state index in [4.69, 9.17) is 11.6 Å². The number of halogens is 1. The Hall–Kier alpha value is -1.37. The first kappa shape index (κ1) is 17.0. The summed E-state index contributed by atoms with van der Waals surface area (Å²) in [7, 11) is -2.02. The summed E-state index contributed by atoms with van der Waals surface area (Å²) in [6.07, 6.45) is 0. The van der Waals surface area contributed by atoms with Crippen LogP contribution in [-0.4, -0.2) is 26.6 Å². The van der Waals surface area contributed by atoms with Crippen molar-refractivity contribution in [3.05, 3.63) is 51.7 Å². The van der Waals surface area contributed by atoms with Crippen molar-refractivity contribution in [1.82, 2.24) is 0 Å². The van der Waals surface area contributed by atoms with Crippen molar-refractivity contribution in [3.63, 3.8) is 0 Å². The number of carbonyl (C=O) groups is 1. The SMILES string of the molecule is C[C@@H](C(=O)N(C)c1ccccc1)S(=O)(=O)Cc1ccc(Cl)s1. The molecule has 0 N–H and O–H groups in total. The number of nitrogens with zero attached hydrogens (tertiary/aromatic N) is 1. The molecule has 0 aliphatic carbocycles. The fraction of sp³-hybridized carbons (Fsp3) is 0.267. The molecule has 0 saturated carbocycles. The van der Waals surface area contributed by atoms with E-state index in [-0.39, 0.29) is 5.75 Å². The predicted molar refractivity (Wildman–Crippen MR) is 91.3 cm³/mol. The molecule has 1 aromatic carbocycles. The number of rotatable bonds is 5. The maximum Gasteiger partial charge on any atom is 0.244 e. The van der Waals surface area contributed by atoms with E-state index in [2.05, 4.69) is 0 Å². The molecule has 1 amide bonds. The zero-order valence-electron chi connectivity index (χ0n) is 12.2. The van der Waals surface area contributed by atoms with Crippen LogP contribution in [0.15, 0.2) is 42.5 Å². The fourth-order valence-corrected chi connectivity index (χ4v) is 4.78. The molecular weight excluding hydrogens is 342 g/mol. The molecule has 2 rings (SSSR count). The first-order chi connectivity index (χ1) is 10.3. The molecule has 0 radical (unpaired) electrons. The van der Waals surface area contributed by atoms with Gasteiger partial charge in [0.2, 0.25) is 5.91 Å². The molecule has 0 spiro atoms. The van der Waals surface area contributed by atoms with E-state index in [0.717, 1.165) is 0 Å². The molecule has 0 fully saturated rings. The second-order valence-corrected chi connectivity index (χ2v) is 9.01. The fourth-order valence-electron chi connectivity index (χ4n) is 1.96. The van der Waals surface area contributed by atoms with Gasteiger partial charge in [0, 0.05) is 17.6 Å². The predicted octanol–water partition coefficient (Wildman–Crippen LogP) is 3.37. The molecule has 2 aromatic rings. The normalized spacial score (nSPS) is 12.9. The van der Waals surface area contributed by atoms with Gasteiger partial charge in [-0.05, 0) is 31.2 Å². The third-order valence-corrected chi connectivity index (χ3v) is 6.74. The Balaban J connectivity index is 2.15. The topological polar surface area (TPSA) is 54.5 Å². The maximum atomic E-state index is 12.4. The average molecular weight is 358 g/mol. The van der Waals surface area contributed by atoms with Gasteiger partial charge in [0.25, 0.3) is 0 Å². The number of hydrogen-bond acceptors (Lipinski definition) is 4. The zero-order valence-corrected chi connectivity index (χ0v) is 14.6. The van der Waals surface area contributed by atoms with Crippen LogP contribution in [0.25, 0.3) is 0 Å². The summed E-state index contributed by atoms with van der Waals surface area (Å²) in [6.45, 7) is 1.42. The van der Waals surface area contributed by atoms with Gasteiger partial charge in [0.1, 0.15) is 5.25 Å². The summed E-state index contributed by atoms with van der Waals surface area (Å²) >= 11 is 7.02. The molecule has 0 unspecified atom stereocenters. The summed E-state index contributed by atoms with van der Waals surface area (Å²) in [5, 5.41) is -1.11. The zero-order chi connectivity index (χ0) is 16.3. The standard InChI is InChI=1S/C15H16ClNO3S2/c1-11(15(18)17(2)12-6-4-3-5-7-12)22(19,20)10-13-8-9-14(16)21-13/h3-9,11H,10H2,1-2H3/t11-/m0/s1. The van der Waals surface area contributed by atoms with Crippen LogP contribution in [0.1, 0.15) is 11.8 Å². The highest BCUT2D eigenvalue weighted by Gasteiger charge is 2.31. The Morgan fingerprint density at radius 1 is 1.23 bits per heavy atom. The van der Waals surface area contributed by atoms with Crippen molar-refractivity contribution in [2.45, 2.75) is 17.9 Å². The van der Waals surface area contributed by atoms with E-state index >= 15 is 0 Å². The molecule has 0 bridgehead atoms. The van der Waals surface area contributed by atoms with Crippen LogP contribution in [0.4, 0.5) is 5.69 Å². The summed E-state index contributed by atoms with van der Waals surface area (Å²) in [4.78, 5) is 14.4. The van der Waals surface area contributed by atoms with Gasteiger partial charge in [-0.2, -0.15) is 0 Å². The Bertz CT molecular complexity index is 756. The van der Waals surface area contributed by atoms with E-state index in [9.17, 15) is 13.2 Å². The van der Waals surface area contributed by atoms with E-state index in [1.54, 1.807) is 43.4 Å². The van der Waals surface area contributed by atoms with Crippen molar-refractivity contribution in [1.29, 1.82) is 0 Å². The highest BCUT2D eigenvalue weighted by molar-refractivity contribution is 7.92. The van der Waals surface area contributed by atoms with Gasteiger partial charge < -0.3 is 4.90 Å². The Morgan fingerprint density at radius 3 is 2.41 bits per heavy atom. The monoisotopic (exact) mass is 357 g/mol. The van der Waals surface area contributed by atoms with Crippen LogP contribution in [0.2, 0.25) is 4.34 Å².